The van der Waals surface area contributed by atoms with Crippen LogP contribution in [0.4, 0.5) is 0 Å². The first-order valence-electron chi connectivity index (χ1n) is 12.7. The Morgan fingerprint density at radius 3 is 2.50 bits per heavy atom. The minimum atomic E-state index is 0.0109. The highest BCUT2D eigenvalue weighted by Gasteiger charge is 2.26. The number of rotatable bonds is 10. The van der Waals surface area contributed by atoms with Crippen molar-refractivity contribution in [2.24, 2.45) is 5.92 Å². The predicted octanol–water partition coefficient (Wildman–Crippen LogP) is 3.53. The molecule has 5 rings (SSSR count). The fourth-order valence-corrected chi connectivity index (χ4v) is 4.64. The van der Waals surface area contributed by atoms with E-state index in [4.69, 9.17) is 14.0 Å². The van der Waals surface area contributed by atoms with Gasteiger partial charge < -0.3 is 23.9 Å². The Kier molecular flexibility index (Phi) is 7.98. The molecule has 0 unspecified atom stereocenters. The molecule has 0 atom stereocenters. The maximum Gasteiger partial charge on any atom is 0.241 e. The van der Waals surface area contributed by atoms with Crippen molar-refractivity contribution in [1.82, 2.24) is 29.9 Å². The molecule has 38 heavy (non-hydrogen) atoms. The summed E-state index contributed by atoms with van der Waals surface area (Å²) < 4.78 is 18.2. The number of methoxy groups -OCH3 is 2. The predicted molar refractivity (Wildman–Crippen MR) is 140 cm³/mol. The van der Waals surface area contributed by atoms with Crippen LogP contribution in [0.15, 0.2) is 65.7 Å². The number of hydrogen-bond acceptors (Lipinski definition) is 8. The summed E-state index contributed by atoms with van der Waals surface area (Å²) in [7, 11) is 3.19. The number of imidazole rings is 1. The molecule has 3 heterocycles. The molecule has 10 heteroatoms. The van der Waals surface area contributed by atoms with Crippen molar-refractivity contribution in [2.45, 2.75) is 32.5 Å². The quantitative estimate of drug-likeness (QED) is 0.341. The van der Waals surface area contributed by atoms with Crippen LogP contribution in [0.3, 0.4) is 0 Å². The van der Waals surface area contributed by atoms with Crippen molar-refractivity contribution in [2.75, 3.05) is 27.3 Å². The number of nitrogens with zero attached hydrogens (tertiary/aromatic N) is 5. The summed E-state index contributed by atoms with van der Waals surface area (Å²) in [5, 5.41) is 7.23. The maximum atomic E-state index is 12.8. The Balaban J connectivity index is 1.07. The van der Waals surface area contributed by atoms with Gasteiger partial charge in [0, 0.05) is 37.0 Å². The smallest absolute Gasteiger partial charge is 0.241 e. The molecule has 198 valence electrons. The zero-order valence-corrected chi connectivity index (χ0v) is 21.7. The lowest BCUT2D eigenvalue weighted by Gasteiger charge is -2.30. The van der Waals surface area contributed by atoms with Gasteiger partial charge in [0.05, 0.1) is 27.1 Å². The van der Waals surface area contributed by atoms with E-state index in [0.717, 1.165) is 43.6 Å². The molecule has 0 spiro atoms. The lowest BCUT2D eigenvalue weighted by Crippen LogP contribution is -2.40. The molecule has 4 aromatic rings. The Bertz CT molecular complexity index is 1330. The van der Waals surface area contributed by atoms with Crippen LogP contribution in [0, 0.1) is 5.92 Å². The van der Waals surface area contributed by atoms with Gasteiger partial charge >= 0.3 is 0 Å². The lowest BCUT2D eigenvalue weighted by molar-refractivity contribution is -0.126. The zero-order valence-electron chi connectivity index (χ0n) is 21.7. The third kappa shape index (κ3) is 6.20. The standard InChI is InChI=1S/C28H32N6O4/c1-36-24-8-7-23(15-25(24)37-2)27-31-26(38-32-27)18-33-12-9-22(10-13-33)28(35)30-16-20-3-5-21(6-4-20)17-34-14-11-29-19-34/h3-8,11,14-15,19,22H,9-10,12-13,16-18H2,1-2H3,(H,30,35). The van der Waals surface area contributed by atoms with E-state index in [1.807, 2.05) is 29.0 Å². The molecule has 1 saturated heterocycles. The highest BCUT2D eigenvalue weighted by Crippen LogP contribution is 2.31. The highest BCUT2D eigenvalue weighted by molar-refractivity contribution is 5.78. The van der Waals surface area contributed by atoms with E-state index in [0.29, 0.717) is 36.3 Å². The molecular formula is C28H32N6O4. The summed E-state index contributed by atoms with van der Waals surface area (Å²) in [4.78, 5) is 23.6. The molecule has 10 nitrogen and oxygen atoms in total. The molecule has 1 aliphatic rings. The summed E-state index contributed by atoms with van der Waals surface area (Å²) in [6.07, 6.45) is 7.12. The van der Waals surface area contributed by atoms with Gasteiger partial charge in [0.1, 0.15) is 0 Å². The van der Waals surface area contributed by atoms with E-state index in [-0.39, 0.29) is 11.8 Å². The summed E-state index contributed by atoms with van der Waals surface area (Å²) in [5.74, 6) is 2.43. The first-order valence-corrected chi connectivity index (χ1v) is 12.7. The first kappa shape index (κ1) is 25.5. The molecule has 1 fully saturated rings. The molecule has 0 bridgehead atoms. The molecule has 2 aromatic carbocycles. The minimum absolute atomic E-state index is 0.0109. The van der Waals surface area contributed by atoms with E-state index in [9.17, 15) is 4.79 Å². The normalized spacial score (nSPS) is 14.4. The third-order valence-electron chi connectivity index (χ3n) is 6.84. The summed E-state index contributed by atoms with van der Waals surface area (Å²) in [6, 6.07) is 13.8. The van der Waals surface area contributed by atoms with Crippen LogP contribution in [0.25, 0.3) is 11.4 Å². The van der Waals surface area contributed by atoms with E-state index < -0.39 is 0 Å². The van der Waals surface area contributed by atoms with Crippen molar-refractivity contribution in [3.63, 3.8) is 0 Å². The summed E-state index contributed by atoms with van der Waals surface area (Å²) in [5.41, 5.74) is 3.08. The van der Waals surface area contributed by atoms with Gasteiger partial charge in [-0.1, -0.05) is 29.4 Å². The maximum absolute atomic E-state index is 12.8. The molecule has 1 amide bonds. The molecule has 1 N–H and O–H groups in total. The fraction of sp³-hybridized carbons (Fsp3) is 0.357. The number of ether oxygens (including phenoxy) is 2. The molecule has 0 radical (unpaired) electrons. The average Bonchev–Trinajstić information content (AvgIpc) is 3.65. The van der Waals surface area contributed by atoms with Gasteiger partial charge in [0.15, 0.2) is 11.5 Å². The molecule has 1 aliphatic heterocycles. The number of hydrogen-bond donors (Lipinski definition) is 1. The number of nitrogens with one attached hydrogen (secondary N) is 1. The molecular weight excluding hydrogens is 484 g/mol. The van der Waals surface area contributed by atoms with Gasteiger partial charge in [-0.15, -0.1) is 0 Å². The number of carbonyl (C=O) groups excluding carboxylic acids is 1. The van der Waals surface area contributed by atoms with Gasteiger partial charge in [-0.25, -0.2) is 4.98 Å². The molecule has 0 aliphatic carbocycles. The number of piperidine rings is 1. The van der Waals surface area contributed by atoms with Crippen LogP contribution in [-0.4, -0.2) is 57.8 Å². The number of aromatic nitrogens is 4. The average molecular weight is 517 g/mol. The largest absolute Gasteiger partial charge is 0.493 e. The van der Waals surface area contributed by atoms with Crippen LogP contribution >= 0.6 is 0 Å². The Hall–Kier alpha value is -4.18. The Morgan fingerprint density at radius 1 is 1.03 bits per heavy atom. The van der Waals surface area contributed by atoms with Crippen LogP contribution < -0.4 is 14.8 Å². The number of likely N-dealkylation sites (tertiary alicyclic amines) is 1. The van der Waals surface area contributed by atoms with Crippen molar-refractivity contribution >= 4 is 5.91 Å². The van der Waals surface area contributed by atoms with Crippen LogP contribution in [-0.2, 0) is 24.4 Å². The second kappa shape index (κ2) is 11.9. The SMILES string of the molecule is COc1ccc(-c2noc(CN3CCC(C(=O)NCc4ccc(Cn5ccnc5)cc4)CC3)n2)cc1OC. The van der Waals surface area contributed by atoms with Crippen molar-refractivity contribution in [1.29, 1.82) is 0 Å². The monoisotopic (exact) mass is 516 g/mol. The lowest BCUT2D eigenvalue weighted by atomic mass is 9.96. The number of benzene rings is 2. The van der Waals surface area contributed by atoms with Gasteiger partial charge in [-0.05, 0) is 55.3 Å². The van der Waals surface area contributed by atoms with Gasteiger partial charge in [0.2, 0.25) is 17.6 Å². The summed E-state index contributed by atoms with van der Waals surface area (Å²) >= 11 is 0. The van der Waals surface area contributed by atoms with Crippen LogP contribution in [0.2, 0.25) is 0 Å². The van der Waals surface area contributed by atoms with Gasteiger partial charge in [-0.2, -0.15) is 4.98 Å². The van der Waals surface area contributed by atoms with Crippen LogP contribution in [0.1, 0.15) is 29.9 Å². The Morgan fingerprint density at radius 2 is 1.79 bits per heavy atom. The van der Waals surface area contributed by atoms with E-state index in [1.165, 1.54) is 5.56 Å². The van der Waals surface area contributed by atoms with E-state index >= 15 is 0 Å². The highest BCUT2D eigenvalue weighted by atomic mass is 16.5. The fourth-order valence-electron chi connectivity index (χ4n) is 4.64. The second-order valence-electron chi connectivity index (χ2n) is 9.40. The second-order valence-corrected chi connectivity index (χ2v) is 9.40. The minimum Gasteiger partial charge on any atom is -0.493 e. The molecule has 0 saturated carbocycles. The topological polar surface area (TPSA) is 108 Å². The van der Waals surface area contributed by atoms with E-state index in [2.05, 4.69) is 49.6 Å². The number of carbonyl (C=O) groups is 1. The Labute approximate surface area is 221 Å². The van der Waals surface area contributed by atoms with Gasteiger partial charge in [0.25, 0.3) is 0 Å². The van der Waals surface area contributed by atoms with Crippen molar-refractivity contribution in [3.05, 3.63) is 78.2 Å². The van der Waals surface area contributed by atoms with Crippen molar-refractivity contribution in [3.8, 4) is 22.9 Å². The van der Waals surface area contributed by atoms with E-state index in [1.54, 1.807) is 26.7 Å². The number of amides is 1. The van der Waals surface area contributed by atoms with Crippen LogP contribution in [0.5, 0.6) is 11.5 Å². The zero-order chi connectivity index (χ0) is 26.3. The first-order chi connectivity index (χ1) is 18.6. The van der Waals surface area contributed by atoms with Crippen molar-refractivity contribution < 1.29 is 18.8 Å². The third-order valence-corrected chi connectivity index (χ3v) is 6.84. The van der Waals surface area contributed by atoms with Gasteiger partial charge in [-0.3, -0.25) is 9.69 Å². The summed E-state index contributed by atoms with van der Waals surface area (Å²) in [6.45, 7) is 3.47. The molecule has 2 aromatic heterocycles.